The van der Waals surface area contributed by atoms with Crippen LogP contribution in [0.15, 0.2) is 0 Å². The summed E-state index contributed by atoms with van der Waals surface area (Å²) in [5, 5.41) is 2.63. The molecule has 0 radical (unpaired) electrons. The van der Waals surface area contributed by atoms with Crippen molar-refractivity contribution in [2.75, 3.05) is 13.7 Å². The normalized spacial score (nSPS) is 19.5. The number of hydrazine groups is 1. The molecule has 0 aliphatic heterocycles. The highest BCUT2D eigenvalue weighted by Crippen LogP contribution is 2.34. The summed E-state index contributed by atoms with van der Waals surface area (Å²) in [6, 6.07) is -0.363. The first kappa shape index (κ1) is 9.28. The topological polar surface area (TPSA) is 76.4 Å². The number of nitrogens with two attached hydrogens (primary N) is 1. The third-order valence-electron chi connectivity index (χ3n) is 2.40. The quantitative estimate of drug-likeness (QED) is 0.312. The zero-order chi connectivity index (χ0) is 9.03. The van der Waals surface area contributed by atoms with Gasteiger partial charge in [-0.05, 0) is 19.3 Å². The molecule has 12 heavy (non-hydrogen) atoms. The van der Waals surface area contributed by atoms with Crippen molar-refractivity contribution in [2.24, 2.45) is 5.84 Å². The van der Waals surface area contributed by atoms with E-state index in [0.29, 0.717) is 6.54 Å². The van der Waals surface area contributed by atoms with Gasteiger partial charge in [0.1, 0.15) is 0 Å². The van der Waals surface area contributed by atoms with E-state index in [1.54, 1.807) is 7.11 Å². The number of rotatable bonds is 3. The van der Waals surface area contributed by atoms with E-state index in [2.05, 4.69) is 5.32 Å². The minimum atomic E-state index is -0.363. The first-order valence-electron chi connectivity index (χ1n) is 4.02. The number of hydrogen-bond acceptors (Lipinski definition) is 3. The minimum absolute atomic E-state index is 0.132. The van der Waals surface area contributed by atoms with Gasteiger partial charge in [0.2, 0.25) is 0 Å². The predicted molar refractivity (Wildman–Crippen MR) is 44.3 cm³/mol. The fourth-order valence-electron chi connectivity index (χ4n) is 1.32. The number of nitrogens with one attached hydrogen (secondary N) is 2. The van der Waals surface area contributed by atoms with Crippen LogP contribution < -0.4 is 16.6 Å². The Morgan fingerprint density at radius 2 is 2.33 bits per heavy atom. The Hall–Kier alpha value is -0.810. The van der Waals surface area contributed by atoms with E-state index in [9.17, 15) is 4.79 Å². The van der Waals surface area contributed by atoms with Crippen LogP contribution in [-0.2, 0) is 4.74 Å². The number of methoxy groups -OCH3 is 1. The van der Waals surface area contributed by atoms with Crippen LogP contribution >= 0.6 is 0 Å². The molecule has 0 atom stereocenters. The summed E-state index contributed by atoms with van der Waals surface area (Å²) >= 11 is 0. The van der Waals surface area contributed by atoms with Crippen LogP contribution in [0, 0.1) is 0 Å². The Labute approximate surface area is 71.6 Å². The van der Waals surface area contributed by atoms with Crippen LogP contribution in [0.25, 0.3) is 0 Å². The highest BCUT2D eigenvalue weighted by molar-refractivity contribution is 5.73. The molecule has 1 rings (SSSR count). The number of hydrogen-bond donors (Lipinski definition) is 3. The van der Waals surface area contributed by atoms with Gasteiger partial charge in [-0.25, -0.2) is 10.6 Å². The maximum Gasteiger partial charge on any atom is 0.329 e. The third-order valence-corrected chi connectivity index (χ3v) is 2.40. The molecule has 5 nitrogen and oxygen atoms in total. The Morgan fingerprint density at radius 1 is 1.67 bits per heavy atom. The van der Waals surface area contributed by atoms with Crippen molar-refractivity contribution in [3.8, 4) is 0 Å². The highest BCUT2D eigenvalue weighted by Gasteiger charge is 2.37. The molecule has 1 aliphatic carbocycles. The second-order valence-corrected chi connectivity index (χ2v) is 3.07. The molecule has 5 heteroatoms. The molecular weight excluding hydrogens is 158 g/mol. The molecule has 1 fully saturated rings. The van der Waals surface area contributed by atoms with Gasteiger partial charge in [0.15, 0.2) is 0 Å². The zero-order valence-electron chi connectivity index (χ0n) is 7.22. The van der Waals surface area contributed by atoms with Crippen molar-refractivity contribution in [1.29, 1.82) is 0 Å². The molecule has 0 aromatic rings. The molecule has 1 saturated carbocycles. The number of carbonyl (C=O) groups is 1. The van der Waals surface area contributed by atoms with Crippen LogP contribution in [0.1, 0.15) is 19.3 Å². The molecule has 0 aromatic heterocycles. The van der Waals surface area contributed by atoms with Crippen molar-refractivity contribution in [2.45, 2.75) is 24.9 Å². The molecule has 0 saturated heterocycles. The van der Waals surface area contributed by atoms with E-state index in [0.717, 1.165) is 12.8 Å². The molecule has 0 unspecified atom stereocenters. The molecule has 70 valence electrons. The molecule has 1 aliphatic rings. The maximum absolute atomic E-state index is 10.7. The van der Waals surface area contributed by atoms with Crippen LogP contribution in [-0.4, -0.2) is 25.3 Å². The third kappa shape index (κ3) is 1.86. The van der Waals surface area contributed by atoms with Gasteiger partial charge in [-0.2, -0.15) is 0 Å². The van der Waals surface area contributed by atoms with Gasteiger partial charge < -0.3 is 10.1 Å². The smallest absolute Gasteiger partial charge is 0.329 e. The van der Waals surface area contributed by atoms with E-state index in [-0.39, 0.29) is 11.6 Å². The lowest BCUT2D eigenvalue weighted by Crippen LogP contribution is -2.52. The van der Waals surface area contributed by atoms with Crippen molar-refractivity contribution in [3.63, 3.8) is 0 Å². The van der Waals surface area contributed by atoms with Crippen LogP contribution in [0.5, 0.6) is 0 Å². The van der Waals surface area contributed by atoms with E-state index in [4.69, 9.17) is 10.6 Å². The minimum Gasteiger partial charge on any atom is -0.376 e. The van der Waals surface area contributed by atoms with Crippen LogP contribution in [0.4, 0.5) is 4.79 Å². The zero-order valence-corrected chi connectivity index (χ0v) is 7.22. The van der Waals surface area contributed by atoms with Crippen molar-refractivity contribution in [3.05, 3.63) is 0 Å². The summed E-state index contributed by atoms with van der Waals surface area (Å²) in [6.07, 6.45) is 3.18. The van der Waals surface area contributed by atoms with Gasteiger partial charge in [-0.1, -0.05) is 0 Å². The van der Waals surface area contributed by atoms with Gasteiger partial charge >= 0.3 is 6.03 Å². The lowest BCUT2D eigenvalue weighted by molar-refractivity contribution is -0.0673. The van der Waals surface area contributed by atoms with Gasteiger partial charge in [-0.15, -0.1) is 0 Å². The van der Waals surface area contributed by atoms with Gasteiger partial charge in [0.25, 0.3) is 0 Å². The van der Waals surface area contributed by atoms with Crippen LogP contribution in [0.3, 0.4) is 0 Å². The molecule has 0 heterocycles. The summed E-state index contributed by atoms with van der Waals surface area (Å²) in [5.41, 5.74) is 1.87. The van der Waals surface area contributed by atoms with Gasteiger partial charge in [0.05, 0.1) is 5.60 Å². The SMILES string of the molecule is COC1(CNC(=O)NN)CCC1. The Morgan fingerprint density at radius 3 is 2.67 bits per heavy atom. The molecule has 0 spiro atoms. The lowest BCUT2D eigenvalue weighted by Gasteiger charge is -2.40. The molecule has 0 aromatic carbocycles. The average Bonchev–Trinajstić information content (AvgIpc) is 2.03. The van der Waals surface area contributed by atoms with Crippen LogP contribution in [0.2, 0.25) is 0 Å². The fraction of sp³-hybridized carbons (Fsp3) is 0.857. The Balaban J connectivity index is 2.24. The largest absolute Gasteiger partial charge is 0.376 e. The molecule has 2 amide bonds. The second kappa shape index (κ2) is 3.73. The first-order valence-corrected chi connectivity index (χ1v) is 4.02. The van der Waals surface area contributed by atoms with E-state index < -0.39 is 0 Å². The second-order valence-electron chi connectivity index (χ2n) is 3.07. The number of carbonyl (C=O) groups excluding carboxylic acids is 1. The summed E-state index contributed by atoms with van der Waals surface area (Å²) < 4.78 is 5.29. The fourth-order valence-corrected chi connectivity index (χ4v) is 1.32. The molecular formula is C7H15N3O2. The number of ether oxygens (including phenoxy) is 1. The Kier molecular flexibility index (Phi) is 2.88. The average molecular weight is 173 g/mol. The van der Waals surface area contributed by atoms with E-state index in [1.165, 1.54) is 6.42 Å². The van der Waals surface area contributed by atoms with Gasteiger partial charge in [0, 0.05) is 13.7 Å². The standard InChI is InChI=1S/C7H15N3O2/c1-12-7(3-2-4-7)5-9-6(11)10-8/h2-5,8H2,1H3,(H2,9,10,11). The summed E-state index contributed by atoms with van der Waals surface area (Å²) in [6.45, 7) is 0.534. The highest BCUT2D eigenvalue weighted by atomic mass is 16.5. The van der Waals surface area contributed by atoms with E-state index >= 15 is 0 Å². The summed E-state index contributed by atoms with van der Waals surface area (Å²) in [5.74, 6) is 4.90. The number of urea groups is 1. The van der Waals surface area contributed by atoms with Gasteiger partial charge in [-0.3, -0.25) is 5.43 Å². The first-order chi connectivity index (χ1) is 5.72. The van der Waals surface area contributed by atoms with Crippen molar-refractivity contribution in [1.82, 2.24) is 10.7 Å². The van der Waals surface area contributed by atoms with E-state index in [1.807, 2.05) is 5.43 Å². The maximum atomic E-state index is 10.7. The molecule has 4 N–H and O–H groups in total. The van der Waals surface area contributed by atoms with Crippen molar-refractivity contribution >= 4 is 6.03 Å². The molecule has 0 bridgehead atoms. The monoisotopic (exact) mass is 173 g/mol. The summed E-state index contributed by atoms with van der Waals surface area (Å²) in [7, 11) is 1.67. The van der Waals surface area contributed by atoms with Crippen molar-refractivity contribution < 1.29 is 9.53 Å². The summed E-state index contributed by atoms with van der Waals surface area (Å²) in [4.78, 5) is 10.7. The lowest BCUT2D eigenvalue weighted by atomic mass is 9.80. The number of amides is 2. The Bertz CT molecular complexity index is 163. The predicted octanol–water partition coefficient (Wildman–Crippen LogP) is -0.272.